The predicted octanol–water partition coefficient (Wildman–Crippen LogP) is 0.961. The highest BCUT2D eigenvalue weighted by Crippen LogP contribution is 2.21. The van der Waals surface area contributed by atoms with Crippen LogP contribution < -0.4 is 0 Å². The molecule has 1 atom stereocenters. The summed E-state index contributed by atoms with van der Waals surface area (Å²) < 4.78 is 4.64. The average molecular weight is 205 g/mol. The summed E-state index contributed by atoms with van der Waals surface area (Å²) in [6.45, 7) is 1.73. The van der Waals surface area contributed by atoms with E-state index in [1.807, 2.05) is 0 Å². The molecule has 0 aliphatic carbocycles. The number of nitrogens with zero attached hydrogens (tertiary/aromatic N) is 1. The molecule has 4 nitrogen and oxygen atoms in total. The van der Waals surface area contributed by atoms with Gasteiger partial charge in [0.25, 0.3) is 5.60 Å². The van der Waals surface area contributed by atoms with E-state index in [2.05, 4.69) is 4.74 Å². The van der Waals surface area contributed by atoms with Gasteiger partial charge in [-0.05, 0) is 6.92 Å². The van der Waals surface area contributed by atoms with Crippen LogP contribution in [0.25, 0.3) is 0 Å². The van der Waals surface area contributed by atoms with Gasteiger partial charge in [-0.3, -0.25) is 0 Å². The number of hydrogen-bond donors (Lipinski definition) is 1. The fraction of sp³-hybridized carbons (Fsp3) is 0.273. The van der Waals surface area contributed by atoms with Crippen molar-refractivity contribution in [1.82, 2.24) is 0 Å². The van der Waals surface area contributed by atoms with Gasteiger partial charge in [-0.1, -0.05) is 30.3 Å². The standard InChI is InChI=1S/C11H11NO3/c1-2-15-10(13)11(14,8-12)9-6-4-3-5-7-9/h3-7,14H,2H2,1H3. The topological polar surface area (TPSA) is 70.3 Å². The Morgan fingerprint density at radius 2 is 2.13 bits per heavy atom. The molecule has 1 N–H and O–H groups in total. The lowest BCUT2D eigenvalue weighted by molar-refractivity contribution is -0.160. The molecule has 0 amide bonds. The molecule has 1 aromatic rings. The first-order valence-electron chi connectivity index (χ1n) is 4.51. The van der Waals surface area contributed by atoms with Crippen molar-refractivity contribution in [2.75, 3.05) is 6.61 Å². The van der Waals surface area contributed by atoms with E-state index in [0.717, 1.165) is 0 Å². The zero-order chi connectivity index (χ0) is 11.3. The van der Waals surface area contributed by atoms with Crippen LogP contribution in [0.5, 0.6) is 0 Å². The van der Waals surface area contributed by atoms with Crippen LogP contribution in [0, 0.1) is 11.3 Å². The summed E-state index contributed by atoms with van der Waals surface area (Å²) >= 11 is 0. The number of nitriles is 1. The number of rotatable bonds is 3. The van der Waals surface area contributed by atoms with E-state index in [1.54, 1.807) is 31.2 Å². The molecule has 1 rings (SSSR count). The van der Waals surface area contributed by atoms with Crippen LogP contribution in [0.1, 0.15) is 12.5 Å². The SMILES string of the molecule is CCOC(=O)C(O)(C#N)c1ccccc1. The Kier molecular flexibility index (Phi) is 3.42. The lowest BCUT2D eigenvalue weighted by atomic mass is 9.96. The predicted molar refractivity (Wildman–Crippen MR) is 52.6 cm³/mol. The van der Waals surface area contributed by atoms with Gasteiger partial charge in [-0.15, -0.1) is 0 Å². The van der Waals surface area contributed by atoms with Crippen molar-refractivity contribution in [2.45, 2.75) is 12.5 Å². The van der Waals surface area contributed by atoms with E-state index < -0.39 is 11.6 Å². The van der Waals surface area contributed by atoms with Crippen molar-refractivity contribution in [1.29, 1.82) is 5.26 Å². The summed E-state index contributed by atoms with van der Waals surface area (Å²) in [5, 5.41) is 18.7. The van der Waals surface area contributed by atoms with Crippen LogP contribution in [0.2, 0.25) is 0 Å². The van der Waals surface area contributed by atoms with Gasteiger partial charge in [0.1, 0.15) is 6.07 Å². The smallest absolute Gasteiger partial charge is 0.358 e. The quantitative estimate of drug-likeness (QED) is 0.589. The summed E-state index contributed by atoms with van der Waals surface area (Å²) in [6, 6.07) is 9.56. The second kappa shape index (κ2) is 4.58. The number of carbonyl (C=O) groups excluding carboxylic acids is 1. The van der Waals surface area contributed by atoms with Crippen molar-refractivity contribution in [3.63, 3.8) is 0 Å². The van der Waals surface area contributed by atoms with E-state index in [-0.39, 0.29) is 12.2 Å². The average Bonchev–Trinajstić information content (AvgIpc) is 2.29. The fourth-order valence-corrected chi connectivity index (χ4v) is 1.14. The maximum atomic E-state index is 11.4. The first-order valence-corrected chi connectivity index (χ1v) is 4.51. The third-order valence-corrected chi connectivity index (χ3v) is 1.92. The largest absolute Gasteiger partial charge is 0.463 e. The first kappa shape index (κ1) is 11.2. The van der Waals surface area contributed by atoms with E-state index >= 15 is 0 Å². The molecule has 0 aliphatic rings. The zero-order valence-corrected chi connectivity index (χ0v) is 8.30. The molecule has 1 unspecified atom stereocenters. The third kappa shape index (κ3) is 2.14. The van der Waals surface area contributed by atoms with Crippen LogP contribution in [0.3, 0.4) is 0 Å². The van der Waals surface area contributed by atoms with Crippen LogP contribution >= 0.6 is 0 Å². The van der Waals surface area contributed by atoms with Crippen molar-refractivity contribution < 1.29 is 14.6 Å². The van der Waals surface area contributed by atoms with Gasteiger partial charge >= 0.3 is 5.97 Å². The molecule has 78 valence electrons. The highest BCUT2D eigenvalue weighted by molar-refractivity contribution is 5.84. The Balaban J connectivity index is 3.07. The third-order valence-electron chi connectivity index (χ3n) is 1.92. The molecular weight excluding hydrogens is 194 g/mol. The molecule has 0 aromatic heterocycles. The molecule has 4 heteroatoms. The summed E-state index contributed by atoms with van der Waals surface area (Å²) in [7, 11) is 0. The van der Waals surface area contributed by atoms with E-state index in [4.69, 9.17) is 5.26 Å². The lowest BCUT2D eigenvalue weighted by Gasteiger charge is -2.17. The molecule has 0 spiro atoms. The molecule has 1 aromatic carbocycles. The van der Waals surface area contributed by atoms with Crippen LogP contribution in [-0.2, 0) is 15.1 Å². The Hall–Kier alpha value is -1.86. The van der Waals surface area contributed by atoms with Crippen LogP contribution in [0.15, 0.2) is 30.3 Å². The van der Waals surface area contributed by atoms with Gasteiger partial charge in [0.2, 0.25) is 0 Å². The number of hydrogen-bond acceptors (Lipinski definition) is 4. The van der Waals surface area contributed by atoms with Crippen molar-refractivity contribution >= 4 is 5.97 Å². The minimum atomic E-state index is -2.21. The Bertz CT molecular complexity index is 383. The molecule has 0 saturated heterocycles. The summed E-state index contributed by atoms with van der Waals surface area (Å²) in [6.07, 6.45) is 0. The van der Waals surface area contributed by atoms with Crippen molar-refractivity contribution in [3.05, 3.63) is 35.9 Å². The first-order chi connectivity index (χ1) is 7.15. The lowest BCUT2D eigenvalue weighted by Crippen LogP contribution is -2.35. The van der Waals surface area contributed by atoms with Crippen LogP contribution in [0.4, 0.5) is 0 Å². The maximum Gasteiger partial charge on any atom is 0.358 e. The second-order valence-electron chi connectivity index (χ2n) is 2.91. The number of aliphatic hydroxyl groups is 1. The van der Waals surface area contributed by atoms with Gasteiger partial charge in [-0.25, -0.2) is 4.79 Å². The Labute approximate surface area is 87.7 Å². The van der Waals surface area contributed by atoms with Gasteiger partial charge in [0.05, 0.1) is 6.61 Å². The van der Waals surface area contributed by atoms with E-state index in [1.165, 1.54) is 12.1 Å². The molecule has 0 saturated carbocycles. The van der Waals surface area contributed by atoms with Crippen molar-refractivity contribution in [3.8, 4) is 6.07 Å². The normalized spacial score (nSPS) is 13.7. The number of carbonyl (C=O) groups is 1. The van der Waals surface area contributed by atoms with Gasteiger partial charge in [0.15, 0.2) is 0 Å². The molecule has 0 aliphatic heterocycles. The molecular formula is C11H11NO3. The minimum Gasteiger partial charge on any atom is -0.463 e. The molecule has 15 heavy (non-hydrogen) atoms. The monoisotopic (exact) mass is 205 g/mol. The zero-order valence-electron chi connectivity index (χ0n) is 8.30. The molecule has 0 heterocycles. The molecule has 0 bridgehead atoms. The van der Waals surface area contributed by atoms with E-state index in [9.17, 15) is 9.90 Å². The van der Waals surface area contributed by atoms with Gasteiger partial charge < -0.3 is 9.84 Å². The Morgan fingerprint density at radius 1 is 1.53 bits per heavy atom. The number of ether oxygens (including phenoxy) is 1. The Morgan fingerprint density at radius 3 is 2.60 bits per heavy atom. The summed E-state index contributed by atoms with van der Waals surface area (Å²) in [5.74, 6) is -0.946. The summed E-state index contributed by atoms with van der Waals surface area (Å²) in [4.78, 5) is 11.4. The van der Waals surface area contributed by atoms with Gasteiger partial charge in [0, 0.05) is 5.56 Å². The number of esters is 1. The number of benzene rings is 1. The van der Waals surface area contributed by atoms with Gasteiger partial charge in [-0.2, -0.15) is 5.26 Å². The highest BCUT2D eigenvalue weighted by atomic mass is 16.5. The van der Waals surface area contributed by atoms with Crippen molar-refractivity contribution in [2.24, 2.45) is 0 Å². The molecule has 0 radical (unpaired) electrons. The fourth-order valence-electron chi connectivity index (χ4n) is 1.14. The maximum absolute atomic E-state index is 11.4. The van der Waals surface area contributed by atoms with Crippen LogP contribution in [-0.4, -0.2) is 17.7 Å². The summed E-state index contributed by atoms with van der Waals surface area (Å²) in [5.41, 5.74) is -2.00. The molecule has 0 fully saturated rings. The minimum absolute atomic E-state index is 0.121. The van der Waals surface area contributed by atoms with E-state index in [0.29, 0.717) is 0 Å². The second-order valence-corrected chi connectivity index (χ2v) is 2.91. The highest BCUT2D eigenvalue weighted by Gasteiger charge is 2.39.